The van der Waals surface area contributed by atoms with Crippen LogP contribution in [0.3, 0.4) is 0 Å². The molecule has 2 nitrogen and oxygen atoms in total. The van der Waals surface area contributed by atoms with E-state index in [2.05, 4.69) is 41.6 Å². The number of hydrogen-bond acceptors (Lipinski definition) is 2. The fourth-order valence-corrected chi connectivity index (χ4v) is 3.59. The van der Waals surface area contributed by atoms with E-state index in [4.69, 9.17) is 0 Å². The summed E-state index contributed by atoms with van der Waals surface area (Å²) in [4.78, 5) is 4.47. The van der Waals surface area contributed by atoms with Gasteiger partial charge in [-0.25, -0.2) is 0 Å². The Morgan fingerprint density at radius 2 is 2.05 bits per heavy atom. The second kappa shape index (κ2) is 6.36. The predicted molar refractivity (Wildman–Crippen MR) is 84.7 cm³/mol. The number of nitrogens with zero attached hydrogens (tertiary/aromatic N) is 1. The van der Waals surface area contributed by atoms with Gasteiger partial charge in [0, 0.05) is 17.6 Å². The molecule has 0 saturated heterocycles. The maximum atomic E-state index is 4.47. The largest absolute Gasteiger partial charge is 0.313 e. The van der Waals surface area contributed by atoms with E-state index in [1.807, 2.05) is 12.3 Å². The number of benzene rings is 1. The quantitative estimate of drug-likeness (QED) is 0.865. The zero-order valence-electron chi connectivity index (χ0n) is 12.3. The molecule has 1 fully saturated rings. The summed E-state index contributed by atoms with van der Waals surface area (Å²) in [6.45, 7) is 0. The Hall–Kier alpha value is -1.41. The van der Waals surface area contributed by atoms with E-state index in [-0.39, 0.29) is 0 Å². The van der Waals surface area contributed by atoms with Gasteiger partial charge in [0.05, 0.1) is 5.52 Å². The number of rotatable bonds is 5. The van der Waals surface area contributed by atoms with Gasteiger partial charge >= 0.3 is 0 Å². The topological polar surface area (TPSA) is 24.9 Å². The van der Waals surface area contributed by atoms with Crippen molar-refractivity contribution in [3.63, 3.8) is 0 Å². The Morgan fingerprint density at radius 1 is 1.20 bits per heavy atom. The van der Waals surface area contributed by atoms with Crippen LogP contribution in [0.2, 0.25) is 0 Å². The number of fused-ring (bicyclic) bond motifs is 1. The second-order valence-electron chi connectivity index (χ2n) is 5.99. The molecule has 1 atom stereocenters. The molecule has 106 valence electrons. The highest BCUT2D eigenvalue weighted by Gasteiger charge is 2.18. The first-order valence-electron chi connectivity index (χ1n) is 7.89. The van der Waals surface area contributed by atoms with Crippen molar-refractivity contribution < 1.29 is 0 Å². The summed E-state index contributed by atoms with van der Waals surface area (Å²) >= 11 is 0. The molecule has 0 bridgehead atoms. The average molecular weight is 268 g/mol. The van der Waals surface area contributed by atoms with Crippen LogP contribution in [-0.2, 0) is 0 Å². The fraction of sp³-hybridized carbons (Fsp3) is 0.500. The third-order valence-corrected chi connectivity index (χ3v) is 4.74. The van der Waals surface area contributed by atoms with Gasteiger partial charge in [0.2, 0.25) is 0 Å². The Kier molecular flexibility index (Phi) is 4.31. The third kappa shape index (κ3) is 2.85. The molecule has 1 aliphatic carbocycles. The normalized spacial score (nSPS) is 17.6. The van der Waals surface area contributed by atoms with E-state index in [0.29, 0.717) is 6.04 Å². The minimum atomic E-state index is 0.448. The molecule has 2 aromatic rings. The molecular weight excluding hydrogens is 244 g/mol. The zero-order valence-corrected chi connectivity index (χ0v) is 12.3. The standard InChI is InChI=1S/C18H24N2/c1-19-17(12-11-14-6-2-3-7-14)15-8-4-10-18-16(15)9-5-13-20-18/h4-5,8-10,13-14,17,19H,2-3,6-7,11-12H2,1H3. The molecule has 1 unspecified atom stereocenters. The predicted octanol–water partition coefficient (Wildman–Crippen LogP) is 4.47. The van der Waals surface area contributed by atoms with Crippen molar-refractivity contribution in [1.82, 2.24) is 10.3 Å². The first-order valence-corrected chi connectivity index (χ1v) is 7.89. The molecule has 1 N–H and O–H groups in total. The first-order chi connectivity index (χ1) is 9.88. The summed E-state index contributed by atoms with van der Waals surface area (Å²) < 4.78 is 0. The van der Waals surface area contributed by atoms with E-state index in [1.165, 1.54) is 49.5 Å². The van der Waals surface area contributed by atoms with Gasteiger partial charge in [0.25, 0.3) is 0 Å². The van der Waals surface area contributed by atoms with Crippen LogP contribution in [0.5, 0.6) is 0 Å². The Morgan fingerprint density at radius 3 is 2.85 bits per heavy atom. The number of pyridine rings is 1. The van der Waals surface area contributed by atoms with Crippen molar-refractivity contribution in [2.75, 3.05) is 7.05 Å². The molecule has 1 aromatic heterocycles. The molecule has 0 aliphatic heterocycles. The summed E-state index contributed by atoms with van der Waals surface area (Å²) in [5, 5.41) is 4.80. The van der Waals surface area contributed by atoms with E-state index >= 15 is 0 Å². The summed E-state index contributed by atoms with van der Waals surface area (Å²) in [6.07, 6.45) is 10.2. The monoisotopic (exact) mass is 268 g/mol. The zero-order chi connectivity index (χ0) is 13.8. The maximum Gasteiger partial charge on any atom is 0.0705 e. The van der Waals surface area contributed by atoms with Crippen molar-refractivity contribution in [3.05, 3.63) is 42.1 Å². The van der Waals surface area contributed by atoms with Crippen LogP contribution in [0.15, 0.2) is 36.5 Å². The molecule has 0 spiro atoms. The van der Waals surface area contributed by atoms with Gasteiger partial charge in [-0.3, -0.25) is 4.98 Å². The van der Waals surface area contributed by atoms with Gasteiger partial charge in [-0.05, 0) is 43.5 Å². The molecule has 3 rings (SSSR count). The van der Waals surface area contributed by atoms with Crippen molar-refractivity contribution in [2.24, 2.45) is 5.92 Å². The van der Waals surface area contributed by atoms with Crippen LogP contribution in [0.4, 0.5) is 0 Å². The highest BCUT2D eigenvalue weighted by Crippen LogP contribution is 2.32. The highest BCUT2D eigenvalue weighted by atomic mass is 14.9. The molecule has 0 amide bonds. The molecule has 1 heterocycles. The van der Waals surface area contributed by atoms with E-state index in [9.17, 15) is 0 Å². The van der Waals surface area contributed by atoms with Crippen LogP contribution in [0.25, 0.3) is 10.9 Å². The van der Waals surface area contributed by atoms with Gasteiger partial charge in [-0.15, -0.1) is 0 Å². The van der Waals surface area contributed by atoms with Crippen molar-refractivity contribution >= 4 is 10.9 Å². The average Bonchev–Trinajstić information content (AvgIpc) is 3.01. The van der Waals surface area contributed by atoms with Gasteiger partial charge in [0.15, 0.2) is 0 Å². The Labute approximate surface area is 121 Å². The van der Waals surface area contributed by atoms with Crippen LogP contribution < -0.4 is 5.32 Å². The Bertz CT molecular complexity index is 553. The molecule has 1 aliphatic rings. The lowest BCUT2D eigenvalue weighted by atomic mass is 9.93. The summed E-state index contributed by atoms with van der Waals surface area (Å²) in [7, 11) is 2.08. The van der Waals surface area contributed by atoms with Crippen LogP contribution in [0.1, 0.15) is 50.1 Å². The van der Waals surface area contributed by atoms with Gasteiger partial charge in [-0.1, -0.05) is 43.9 Å². The van der Waals surface area contributed by atoms with Crippen molar-refractivity contribution in [2.45, 2.75) is 44.6 Å². The minimum absolute atomic E-state index is 0.448. The number of aromatic nitrogens is 1. The third-order valence-electron chi connectivity index (χ3n) is 4.74. The fourth-order valence-electron chi connectivity index (χ4n) is 3.59. The van der Waals surface area contributed by atoms with Gasteiger partial charge in [-0.2, -0.15) is 0 Å². The molecule has 2 heteroatoms. The lowest BCUT2D eigenvalue weighted by Gasteiger charge is -2.20. The Balaban J connectivity index is 1.79. The van der Waals surface area contributed by atoms with Crippen molar-refractivity contribution in [1.29, 1.82) is 0 Å². The second-order valence-corrected chi connectivity index (χ2v) is 5.99. The molecular formula is C18H24N2. The van der Waals surface area contributed by atoms with Gasteiger partial charge in [0.1, 0.15) is 0 Å². The lowest BCUT2D eigenvalue weighted by Crippen LogP contribution is -2.17. The van der Waals surface area contributed by atoms with E-state index < -0.39 is 0 Å². The minimum Gasteiger partial charge on any atom is -0.313 e. The number of nitrogens with one attached hydrogen (secondary N) is 1. The lowest BCUT2D eigenvalue weighted by molar-refractivity contribution is 0.428. The molecule has 20 heavy (non-hydrogen) atoms. The SMILES string of the molecule is CNC(CCC1CCCC1)c1cccc2ncccc12. The van der Waals surface area contributed by atoms with Crippen molar-refractivity contribution in [3.8, 4) is 0 Å². The summed E-state index contributed by atoms with van der Waals surface area (Å²) in [5.74, 6) is 0.957. The van der Waals surface area contributed by atoms with E-state index in [1.54, 1.807) is 0 Å². The van der Waals surface area contributed by atoms with Crippen LogP contribution in [0, 0.1) is 5.92 Å². The molecule has 1 saturated carbocycles. The van der Waals surface area contributed by atoms with E-state index in [0.717, 1.165) is 11.4 Å². The molecule has 1 aromatic carbocycles. The van der Waals surface area contributed by atoms with Gasteiger partial charge < -0.3 is 5.32 Å². The van der Waals surface area contributed by atoms with Crippen LogP contribution >= 0.6 is 0 Å². The smallest absolute Gasteiger partial charge is 0.0705 e. The summed E-state index contributed by atoms with van der Waals surface area (Å²) in [6, 6.07) is 11.2. The summed E-state index contributed by atoms with van der Waals surface area (Å²) in [5.41, 5.74) is 2.50. The highest BCUT2D eigenvalue weighted by molar-refractivity contribution is 5.82. The van der Waals surface area contributed by atoms with Crippen LogP contribution in [-0.4, -0.2) is 12.0 Å². The number of hydrogen-bond donors (Lipinski definition) is 1. The maximum absolute atomic E-state index is 4.47. The molecule has 0 radical (unpaired) electrons. The first kappa shape index (κ1) is 13.6.